The predicted octanol–water partition coefficient (Wildman–Crippen LogP) is 0.132. The van der Waals surface area contributed by atoms with Crippen molar-refractivity contribution in [3.63, 3.8) is 0 Å². The normalized spacial score (nSPS) is 27.9. The van der Waals surface area contributed by atoms with Crippen LogP contribution in [-0.2, 0) is 14.3 Å². The fraction of sp³-hybridized carbons (Fsp3) is 0.643. The molecule has 0 saturated carbocycles. The molecule has 2 N–H and O–H groups in total. The third kappa shape index (κ3) is 3.35. The number of halogens is 1. The summed E-state index contributed by atoms with van der Waals surface area (Å²) < 4.78 is 25.6. The highest BCUT2D eigenvalue weighted by Gasteiger charge is 2.57. The molecule has 0 unspecified atom stereocenters. The second-order valence-electron chi connectivity index (χ2n) is 6.45. The van der Waals surface area contributed by atoms with Gasteiger partial charge in [-0.2, -0.15) is 4.39 Å². The highest BCUT2D eigenvalue weighted by atomic mass is 19.2. The van der Waals surface area contributed by atoms with Crippen LogP contribution in [-0.4, -0.2) is 38.2 Å². The number of H-pyrrole nitrogens is 1. The van der Waals surface area contributed by atoms with Crippen LogP contribution in [0, 0.1) is 6.92 Å². The number of nitrogens with one attached hydrogen (secondary N) is 1. The average molecular weight is 330 g/mol. The maximum absolute atomic E-state index is 14.7. The zero-order chi connectivity index (χ0) is 17.6. The van der Waals surface area contributed by atoms with E-state index in [9.17, 15) is 23.9 Å². The van der Waals surface area contributed by atoms with Crippen molar-refractivity contribution < 1.29 is 23.8 Å². The topological polar surface area (TPSA) is 111 Å². The number of nitrogens with zero attached hydrogens (tertiary/aromatic N) is 1. The molecular formula is C14H19FN2O6. The van der Waals surface area contributed by atoms with Gasteiger partial charge in [-0.1, -0.05) is 0 Å². The summed E-state index contributed by atoms with van der Waals surface area (Å²) in [6, 6.07) is 0. The van der Waals surface area contributed by atoms with Crippen LogP contribution in [0.1, 0.15) is 39.0 Å². The third-order valence-corrected chi connectivity index (χ3v) is 3.29. The Morgan fingerprint density at radius 1 is 1.52 bits per heavy atom. The molecule has 0 aliphatic carbocycles. The third-order valence-electron chi connectivity index (χ3n) is 3.29. The van der Waals surface area contributed by atoms with Crippen LogP contribution in [0.3, 0.4) is 0 Å². The molecule has 1 aromatic rings. The number of alkyl halides is 1. The molecule has 1 saturated heterocycles. The van der Waals surface area contributed by atoms with Gasteiger partial charge in [0.05, 0.1) is 0 Å². The molecule has 0 spiro atoms. The van der Waals surface area contributed by atoms with E-state index in [1.807, 2.05) is 4.98 Å². The Balaban J connectivity index is 2.31. The first-order valence-corrected chi connectivity index (χ1v) is 7.04. The average Bonchev–Trinajstić information content (AvgIpc) is 2.69. The Bertz CT molecular complexity index is 734. The highest BCUT2D eigenvalue weighted by Crippen LogP contribution is 2.39. The van der Waals surface area contributed by atoms with Gasteiger partial charge < -0.3 is 14.6 Å². The lowest BCUT2D eigenvalue weighted by atomic mass is 10.1. The van der Waals surface area contributed by atoms with E-state index in [-0.39, 0.29) is 12.0 Å². The quantitative estimate of drug-likeness (QED) is 0.746. The van der Waals surface area contributed by atoms with Crippen molar-refractivity contribution >= 4 is 5.97 Å². The summed E-state index contributed by atoms with van der Waals surface area (Å²) in [5, 5.41) is 9.87. The summed E-state index contributed by atoms with van der Waals surface area (Å²) in [4.78, 5) is 37.2. The number of carbonyl (C=O) groups is 1. The van der Waals surface area contributed by atoms with Crippen LogP contribution in [0.15, 0.2) is 15.8 Å². The SMILES string of the molecule is Cc1cn([C@H]2C[C@H](O)[C@](F)(C(=O)OC(C)(C)C)O2)c(=O)[nH]c1=O. The second-order valence-corrected chi connectivity index (χ2v) is 6.45. The fourth-order valence-corrected chi connectivity index (χ4v) is 2.17. The number of esters is 1. The molecule has 1 aliphatic rings. The van der Waals surface area contributed by atoms with Crippen molar-refractivity contribution in [3.05, 3.63) is 32.6 Å². The van der Waals surface area contributed by atoms with Gasteiger partial charge in [0, 0.05) is 18.2 Å². The van der Waals surface area contributed by atoms with E-state index in [4.69, 9.17) is 9.47 Å². The van der Waals surface area contributed by atoms with E-state index in [0.29, 0.717) is 0 Å². The van der Waals surface area contributed by atoms with Gasteiger partial charge >= 0.3 is 17.5 Å². The number of ether oxygens (including phenoxy) is 2. The lowest BCUT2D eigenvalue weighted by Gasteiger charge is -2.27. The molecule has 23 heavy (non-hydrogen) atoms. The number of carbonyl (C=O) groups excluding carboxylic acids is 1. The van der Waals surface area contributed by atoms with Gasteiger partial charge in [0.15, 0.2) is 0 Å². The number of hydrogen-bond donors (Lipinski definition) is 2. The number of aromatic nitrogens is 2. The van der Waals surface area contributed by atoms with Crippen molar-refractivity contribution in [2.24, 2.45) is 0 Å². The zero-order valence-electron chi connectivity index (χ0n) is 13.3. The maximum Gasteiger partial charge on any atom is 0.375 e. The molecule has 1 aliphatic heterocycles. The van der Waals surface area contributed by atoms with E-state index in [1.54, 1.807) is 20.8 Å². The summed E-state index contributed by atoms with van der Waals surface area (Å²) in [6.45, 7) is 6.09. The highest BCUT2D eigenvalue weighted by molar-refractivity contribution is 5.79. The first-order valence-electron chi connectivity index (χ1n) is 7.04. The minimum absolute atomic E-state index is 0.205. The van der Waals surface area contributed by atoms with Crippen LogP contribution in [0.25, 0.3) is 0 Å². The van der Waals surface area contributed by atoms with Crippen molar-refractivity contribution in [1.82, 2.24) is 9.55 Å². The number of hydrogen-bond acceptors (Lipinski definition) is 6. The van der Waals surface area contributed by atoms with Crippen LogP contribution in [0.4, 0.5) is 4.39 Å². The largest absolute Gasteiger partial charge is 0.456 e. The van der Waals surface area contributed by atoms with Crippen molar-refractivity contribution in [3.8, 4) is 0 Å². The monoisotopic (exact) mass is 330 g/mol. The fourth-order valence-electron chi connectivity index (χ4n) is 2.17. The lowest BCUT2D eigenvalue weighted by molar-refractivity contribution is -0.227. The molecule has 0 radical (unpaired) electrons. The predicted molar refractivity (Wildman–Crippen MR) is 76.5 cm³/mol. The van der Waals surface area contributed by atoms with Gasteiger partial charge in [0.2, 0.25) is 0 Å². The van der Waals surface area contributed by atoms with Crippen molar-refractivity contribution in [2.45, 2.75) is 57.9 Å². The summed E-state index contributed by atoms with van der Waals surface area (Å²) >= 11 is 0. The molecule has 0 bridgehead atoms. The molecule has 1 fully saturated rings. The minimum Gasteiger partial charge on any atom is -0.456 e. The van der Waals surface area contributed by atoms with Crippen LogP contribution >= 0.6 is 0 Å². The Hall–Kier alpha value is -2.00. The van der Waals surface area contributed by atoms with E-state index < -0.39 is 41.0 Å². The lowest BCUT2D eigenvalue weighted by Crippen LogP contribution is -2.47. The van der Waals surface area contributed by atoms with Gasteiger partial charge in [0.1, 0.15) is 17.9 Å². The molecule has 0 aromatic carbocycles. The molecular weight excluding hydrogens is 311 g/mol. The van der Waals surface area contributed by atoms with Gasteiger partial charge in [-0.15, -0.1) is 0 Å². The van der Waals surface area contributed by atoms with Gasteiger partial charge in [-0.25, -0.2) is 9.59 Å². The minimum atomic E-state index is -3.08. The Morgan fingerprint density at radius 3 is 2.70 bits per heavy atom. The molecule has 9 heteroatoms. The summed E-state index contributed by atoms with van der Waals surface area (Å²) in [6.07, 6.45) is -2.22. The zero-order valence-corrected chi connectivity index (χ0v) is 13.3. The number of rotatable bonds is 2. The summed E-state index contributed by atoms with van der Waals surface area (Å²) in [5.74, 6) is -4.45. The standard InChI is InChI=1S/C14H19FN2O6/c1-7-6-17(12(21)16-10(7)19)9-5-8(18)14(15,22-9)11(20)23-13(2,3)4/h6,8-9,18H,5H2,1-4H3,(H,16,19,21)/t8-,9+,14+/m0/s1. The van der Waals surface area contributed by atoms with Crippen molar-refractivity contribution in [2.75, 3.05) is 0 Å². The Morgan fingerprint density at radius 2 is 2.13 bits per heavy atom. The Kier molecular flexibility index (Phi) is 4.20. The molecule has 0 amide bonds. The number of aliphatic hydroxyl groups is 1. The maximum atomic E-state index is 14.7. The van der Waals surface area contributed by atoms with E-state index >= 15 is 0 Å². The smallest absolute Gasteiger partial charge is 0.375 e. The number of aromatic amines is 1. The van der Waals surface area contributed by atoms with Gasteiger partial charge in [0.25, 0.3) is 5.56 Å². The van der Waals surface area contributed by atoms with Crippen LogP contribution in [0.5, 0.6) is 0 Å². The molecule has 128 valence electrons. The number of aliphatic hydroxyl groups excluding tert-OH is 1. The van der Waals surface area contributed by atoms with E-state index in [0.717, 1.165) is 4.57 Å². The molecule has 2 heterocycles. The van der Waals surface area contributed by atoms with Gasteiger partial charge in [-0.05, 0) is 27.7 Å². The van der Waals surface area contributed by atoms with Crippen LogP contribution < -0.4 is 11.2 Å². The first kappa shape index (κ1) is 17.4. The molecule has 1 aromatic heterocycles. The second kappa shape index (κ2) is 5.57. The number of aryl methyl sites for hydroxylation is 1. The molecule has 2 rings (SSSR count). The first-order chi connectivity index (χ1) is 10.4. The van der Waals surface area contributed by atoms with Gasteiger partial charge in [-0.3, -0.25) is 14.3 Å². The van der Waals surface area contributed by atoms with Crippen LogP contribution in [0.2, 0.25) is 0 Å². The summed E-state index contributed by atoms with van der Waals surface area (Å²) in [7, 11) is 0. The molecule has 8 nitrogen and oxygen atoms in total. The summed E-state index contributed by atoms with van der Waals surface area (Å²) in [5.41, 5.74) is -2.17. The Labute approximate surface area is 130 Å². The van der Waals surface area contributed by atoms with E-state index in [1.165, 1.54) is 13.1 Å². The van der Waals surface area contributed by atoms with E-state index in [2.05, 4.69) is 0 Å². The molecule has 3 atom stereocenters. The van der Waals surface area contributed by atoms with Crippen molar-refractivity contribution in [1.29, 1.82) is 0 Å².